The molecule has 8 N–H and O–H groups in total. The predicted molar refractivity (Wildman–Crippen MR) is 161 cm³/mol. The fourth-order valence-corrected chi connectivity index (χ4v) is 5.19. The fourth-order valence-electron chi connectivity index (χ4n) is 5.19. The maximum atomic E-state index is 5.81. The van der Waals surface area contributed by atoms with Crippen LogP contribution in [0, 0.1) is 0 Å². The summed E-state index contributed by atoms with van der Waals surface area (Å²) in [5.74, 6) is 0. The van der Waals surface area contributed by atoms with Crippen molar-refractivity contribution in [2.45, 2.75) is 13.1 Å². The Bertz CT molecular complexity index is 1500. The first-order valence-electron chi connectivity index (χ1n) is 13.5. The van der Waals surface area contributed by atoms with Crippen molar-refractivity contribution >= 4 is 21.8 Å². The summed E-state index contributed by atoms with van der Waals surface area (Å²) in [6.07, 6.45) is 0. The third-order valence-corrected chi connectivity index (χ3v) is 7.07. The number of fused-ring (bicyclic) bond motifs is 3. The van der Waals surface area contributed by atoms with Gasteiger partial charge in [0.25, 0.3) is 0 Å². The summed E-state index contributed by atoms with van der Waals surface area (Å²) >= 11 is 0. The van der Waals surface area contributed by atoms with Gasteiger partial charge >= 0.3 is 0 Å². The van der Waals surface area contributed by atoms with Crippen LogP contribution < -0.4 is 22.5 Å². The number of aromatic amines is 1. The lowest BCUT2D eigenvalue weighted by Crippen LogP contribution is -2.33. The summed E-state index contributed by atoms with van der Waals surface area (Å²) in [4.78, 5) is 5.91. The summed E-state index contributed by atoms with van der Waals surface area (Å²) in [6, 6.07) is 30.9. The third-order valence-electron chi connectivity index (χ3n) is 7.07. The van der Waals surface area contributed by atoms with Crippen LogP contribution in [-0.4, -0.2) is 49.2 Å². The molecule has 0 unspecified atom stereocenters. The van der Waals surface area contributed by atoms with Gasteiger partial charge in [0.15, 0.2) is 0 Å². The van der Waals surface area contributed by atoms with Gasteiger partial charge in [-0.3, -0.25) is 4.90 Å². The first-order valence-corrected chi connectivity index (χ1v) is 13.5. The van der Waals surface area contributed by atoms with Gasteiger partial charge in [0.05, 0.1) is 0 Å². The van der Waals surface area contributed by atoms with Crippen molar-refractivity contribution in [3.63, 3.8) is 0 Å². The Balaban J connectivity index is 1.46. The first kappa shape index (κ1) is 26.1. The van der Waals surface area contributed by atoms with Gasteiger partial charge in [0.1, 0.15) is 0 Å². The zero-order chi connectivity index (χ0) is 26.3. The van der Waals surface area contributed by atoms with Gasteiger partial charge in [-0.15, -0.1) is 0 Å². The van der Waals surface area contributed by atoms with Gasteiger partial charge in [0.2, 0.25) is 0 Å². The molecule has 0 atom stereocenters. The molecule has 5 aromatic rings. The number of hydrogen-bond acceptors (Lipinski definition) is 5. The molecule has 0 saturated carbocycles. The number of nitrogens with zero attached hydrogens (tertiary/aromatic N) is 1. The highest BCUT2D eigenvalue weighted by molar-refractivity contribution is 6.09. The van der Waals surface area contributed by atoms with Crippen LogP contribution in [0.15, 0.2) is 84.9 Å². The maximum Gasteiger partial charge on any atom is 0.0465 e. The molecule has 6 nitrogen and oxygen atoms in total. The highest BCUT2D eigenvalue weighted by Crippen LogP contribution is 2.33. The number of nitrogens with one attached hydrogen (secondary N) is 2. The van der Waals surface area contributed by atoms with Gasteiger partial charge in [-0.05, 0) is 69.8 Å². The van der Waals surface area contributed by atoms with Crippen LogP contribution in [0.25, 0.3) is 44.1 Å². The summed E-state index contributed by atoms with van der Waals surface area (Å²) in [7, 11) is 0. The Kier molecular flexibility index (Phi) is 8.48. The zero-order valence-corrected chi connectivity index (χ0v) is 21.9. The molecule has 1 heterocycles. The lowest BCUT2D eigenvalue weighted by atomic mass is 9.98. The number of aromatic nitrogens is 1. The lowest BCUT2D eigenvalue weighted by Gasteiger charge is -2.21. The van der Waals surface area contributed by atoms with Crippen molar-refractivity contribution in [3.8, 4) is 22.3 Å². The molecule has 0 aliphatic heterocycles. The van der Waals surface area contributed by atoms with Gasteiger partial charge in [0, 0.05) is 74.2 Å². The minimum absolute atomic E-state index is 0.633. The average molecular weight is 507 g/mol. The highest BCUT2D eigenvalue weighted by atomic mass is 15.1. The third kappa shape index (κ3) is 5.96. The molecule has 0 radical (unpaired) electrons. The van der Waals surface area contributed by atoms with Crippen LogP contribution in [0.5, 0.6) is 0 Å². The van der Waals surface area contributed by atoms with E-state index < -0.39 is 0 Å². The lowest BCUT2D eigenvalue weighted by molar-refractivity contribution is 0.281. The number of rotatable bonds is 12. The number of benzene rings is 4. The van der Waals surface area contributed by atoms with Gasteiger partial charge in [-0.1, -0.05) is 48.5 Å². The van der Waals surface area contributed by atoms with Crippen LogP contribution in [0.1, 0.15) is 11.1 Å². The van der Waals surface area contributed by atoms with E-state index in [-0.39, 0.29) is 0 Å². The topological polar surface area (TPSA) is 109 Å². The number of H-pyrrole nitrogens is 1. The van der Waals surface area contributed by atoms with Crippen molar-refractivity contribution in [1.82, 2.24) is 15.2 Å². The van der Waals surface area contributed by atoms with Crippen molar-refractivity contribution in [2.75, 3.05) is 39.3 Å². The second-order valence-corrected chi connectivity index (χ2v) is 9.87. The molecule has 0 amide bonds. The second kappa shape index (κ2) is 12.3. The first-order chi connectivity index (χ1) is 18.7. The molecular formula is C32H38N6. The Morgan fingerprint density at radius 2 is 1.16 bits per heavy atom. The van der Waals surface area contributed by atoms with E-state index >= 15 is 0 Å². The molecule has 5 rings (SSSR count). The molecule has 0 spiro atoms. The van der Waals surface area contributed by atoms with Crippen LogP contribution in [-0.2, 0) is 13.1 Å². The van der Waals surface area contributed by atoms with E-state index in [0.717, 1.165) is 43.8 Å². The van der Waals surface area contributed by atoms with E-state index in [1.165, 1.54) is 44.2 Å². The van der Waals surface area contributed by atoms with E-state index in [9.17, 15) is 0 Å². The van der Waals surface area contributed by atoms with Crippen molar-refractivity contribution in [2.24, 2.45) is 17.2 Å². The Morgan fingerprint density at radius 3 is 1.74 bits per heavy atom. The fraction of sp³-hybridized carbons (Fsp3) is 0.250. The molecule has 0 saturated heterocycles. The van der Waals surface area contributed by atoms with Crippen LogP contribution in [0.4, 0.5) is 0 Å². The van der Waals surface area contributed by atoms with E-state index in [0.29, 0.717) is 19.6 Å². The molecule has 38 heavy (non-hydrogen) atoms. The summed E-state index contributed by atoms with van der Waals surface area (Å²) in [5.41, 5.74) is 26.9. The average Bonchev–Trinajstić information content (AvgIpc) is 3.31. The minimum Gasteiger partial charge on any atom is -0.355 e. The quantitative estimate of drug-likeness (QED) is 0.161. The largest absolute Gasteiger partial charge is 0.355 e. The molecule has 196 valence electrons. The maximum absolute atomic E-state index is 5.81. The highest BCUT2D eigenvalue weighted by Gasteiger charge is 2.10. The van der Waals surface area contributed by atoms with E-state index in [2.05, 4.69) is 100 Å². The van der Waals surface area contributed by atoms with Gasteiger partial charge < -0.3 is 27.5 Å². The summed E-state index contributed by atoms with van der Waals surface area (Å²) in [6.45, 7) is 6.08. The monoisotopic (exact) mass is 506 g/mol. The predicted octanol–water partition coefficient (Wildman–Crippen LogP) is 4.42. The Labute approximate surface area is 224 Å². The van der Waals surface area contributed by atoms with E-state index in [1.807, 2.05) is 0 Å². The summed E-state index contributed by atoms with van der Waals surface area (Å²) < 4.78 is 0. The second-order valence-electron chi connectivity index (χ2n) is 9.87. The van der Waals surface area contributed by atoms with E-state index in [4.69, 9.17) is 17.2 Å². The van der Waals surface area contributed by atoms with Crippen LogP contribution in [0.2, 0.25) is 0 Å². The molecule has 0 aliphatic rings. The summed E-state index contributed by atoms with van der Waals surface area (Å²) in [5, 5.41) is 5.85. The van der Waals surface area contributed by atoms with Gasteiger partial charge in [-0.2, -0.15) is 0 Å². The van der Waals surface area contributed by atoms with Crippen molar-refractivity contribution in [3.05, 3.63) is 96.1 Å². The molecule has 6 heteroatoms. The standard InChI is InChI=1S/C32H38N6/c33-11-14-36-21-23-3-1-5-25(17-23)27-7-9-31-29(19-27)30-20-28(8-10-32(30)37-31)26-6-2-4-24(18-26)22-38(15-12-34)16-13-35/h1-10,17-20,36-37H,11-16,21-22,33-35H2. The number of nitrogens with two attached hydrogens (primary N) is 3. The Hall–Kier alpha value is -3.52. The molecule has 0 aliphatic carbocycles. The molecular weight excluding hydrogens is 468 g/mol. The SMILES string of the molecule is NCCNCc1cccc(-c2ccc3[nH]c4ccc(-c5cccc(CN(CCN)CCN)c5)cc4c3c2)c1. The zero-order valence-electron chi connectivity index (χ0n) is 21.9. The smallest absolute Gasteiger partial charge is 0.0465 e. The molecule has 0 fully saturated rings. The molecule has 4 aromatic carbocycles. The van der Waals surface area contributed by atoms with Crippen LogP contribution >= 0.6 is 0 Å². The Morgan fingerprint density at radius 1 is 0.605 bits per heavy atom. The van der Waals surface area contributed by atoms with Gasteiger partial charge in [-0.25, -0.2) is 0 Å². The van der Waals surface area contributed by atoms with Crippen molar-refractivity contribution < 1.29 is 0 Å². The van der Waals surface area contributed by atoms with E-state index in [1.54, 1.807) is 0 Å². The van der Waals surface area contributed by atoms with Crippen LogP contribution in [0.3, 0.4) is 0 Å². The normalized spacial score (nSPS) is 11.7. The number of hydrogen-bond donors (Lipinski definition) is 5. The minimum atomic E-state index is 0.633. The molecule has 0 bridgehead atoms. The van der Waals surface area contributed by atoms with Crippen molar-refractivity contribution in [1.29, 1.82) is 0 Å². The molecule has 1 aromatic heterocycles.